The van der Waals surface area contributed by atoms with Crippen molar-refractivity contribution in [3.8, 4) is 0 Å². The van der Waals surface area contributed by atoms with Gasteiger partial charge >= 0.3 is 7.12 Å². The van der Waals surface area contributed by atoms with Crippen LogP contribution in [0.1, 0.15) is 20.8 Å². The summed E-state index contributed by atoms with van der Waals surface area (Å²) in [5.74, 6) is -0.569. The second kappa shape index (κ2) is 3.47. The molecule has 0 saturated carbocycles. The monoisotopic (exact) mass is 222 g/mol. The number of pyridine rings is 1. The molecule has 0 aromatic carbocycles. The second-order valence-electron chi connectivity index (χ2n) is 4.69. The Kier molecular flexibility index (Phi) is 2.47. The molecule has 1 fully saturated rings. The fourth-order valence-electron chi connectivity index (χ4n) is 1.50. The van der Waals surface area contributed by atoms with Crippen LogP contribution in [-0.2, 0) is 9.31 Å². The molecule has 1 aliphatic heterocycles. The maximum atomic E-state index is 13.5. The van der Waals surface area contributed by atoms with Gasteiger partial charge in [-0.2, -0.15) is 4.39 Å². The summed E-state index contributed by atoms with van der Waals surface area (Å²) in [4.78, 5) is 3.57. The summed E-state index contributed by atoms with van der Waals surface area (Å²) in [6.07, 6.45) is 1.39. The van der Waals surface area contributed by atoms with E-state index in [0.717, 1.165) is 0 Å². The van der Waals surface area contributed by atoms with Crippen molar-refractivity contribution in [2.45, 2.75) is 32.0 Å². The Morgan fingerprint density at radius 3 is 2.56 bits per heavy atom. The molecule has 1 aromatic heterocycles. The van der Waals surface area contributed by atoms with Crippen LogP contribution in [0.15, 0.2) is 18.3 Å². The lowest BCUT2D eigenvalue weighted by Gasteiger charge is -2.25. The molecule has 0 radical (unpaired) electrons. The number of halogens is 1. The molecule has 0 spiro atoms. The van der Waals surface area contributed by atoms with Gasteiger partial charge in [0.15, 0.2) is 0 Å². The number of aromatic nitrogens is 1. The van der Waals surface area contributed by atoms with Crippen molar-refractivity contribution < 1.29 is 13.7 Å². The molecule has 0 N–H and O–H groups in total. The van der Waals surface area contributed by atoms with Crippen molar-refractivity contribution in [2.75, 3.05) is 0 Å². The first-order chi connectivity index (χ1) is 7.33. The SMILES string of the molecule is [CH2+]C1(C)OB(c2cccnc2F)OC1(C)C. The molecule has 1 saturated heterocycles. The predicted molar refractivity (Wildman–Crippen MR) is 59.6 cm³/mol. The summed E-state index contributed by atoms with van der Waals surface area (Å²) in [5, 5.41) is 0. The summed E-state index contributed by atoms with van der Waals surface area (Å²) >= 11 is 0. The fraction of sp³-hybridized carbons (Fsp3) is 0.455. The van der Waals surface area contributed by atoms with Gasteiger partial charge in [-0.25, -0.2) is 4.98 Å². The van der Waals surface area contributed by atoms with Crippen molar-refractivity contribution in [1.29, 1.82) is 0 Å². The topological polar surface area (TPSA) is 31.4 Å². The number of hydrogen-bond acceptors (Lipinski definition) is 3. The number of nitrogens with zero attached hydrogens (tertiary/aromatic N) is 1. The van der Waals surface area contributed by atoms with Crippen LogP contribution < -0.4 is 5.46 Å². The molecule has 16 heavy (non-hydrogen) atoms. The first-order valence-corrected chi connectivity index (χ1v) is 5.15. The first kappa shape index (κ1) is 11.4. The van der Waals surface area contributed by atoms with E-state index < -0.39 is 24.3 Å². The Bertz CT molecular complexity index is 393. The third kappa shape index (κ3) is 1.70. The molecule has 84 valence electrons. The Hall–Kier alpha value is -1.07. The van der Waals surface area contributed by atoms with Gasteiger partial charge in [0.25, 0.3) is 0 Å². The zero-order chi connectivity index (χ0) is 12.0. The largest absolute Gasteiger partial charge is 0.502 e. The third-order valence-corrected chi connectivity index (χ3v) is 3.08. The molecule has 1 aromatic rings. The molecular formula is C11H14BFNO2+. The highest BCUT2D eigenvalue weighted by Crippen LogP contribution is 2.36. The maximum absolute atomic E-state index is 13.5. The van der Waals surface area contributed by atoms with E-state index in [9.17, 15) is 4.39 Å². The van der Waals surface area contributed by atoms with E-state index in [4.69, 9.17) is 9.31 Å². The standard InChI is InChI=1S/C11H14BFNO2/c1-10(2)11(3,4)16-12(15-10)8-6-5-7-14-9(8)13/h5-7H,1H2,2-4H3/q+1. The molecule has 1 unspecified atom stereocenters. The molecular weight excluding hydrogens is 208 g/mol. The molecule has 2 rings (SSSR count). The highest BCUT2D eigenvalue weighted by molar-refractivity contribution is 6.62. The van der Waals surface area contributed by atoms with Gasteiger partial charge in [-0.15, -0.1) is 0 Å². The highest BCUT2D eigenvalue weighted by Gasteiger charge is 2.57. The van der Waals surface area contributed by atoms with Gasteiger partial charge in [0.1, 0.15) is 5.60 Å². The summed E-state index contributed by atoms with van der Waals surface area (Å²) in [6, 6.07) is 3.25. The van der Waals surface area contributed by atoms with E-state index in [1.54, 1.807) is 12.1 Å². The molecule has 0 amide bonds. The quantitative estimate of drug-likeness (QED) is 0.408. The molecule has 5 heteroatoms. The first-order valence-electron chi connectivity index (χ1n) is 5.15. The van der Waals surface area contributed by atoms with Crippen molar-refractivity contribution in [1.82, 2.24) is 4.98 Å². The summed E-state index contributed by atoms with van der Waals surface area (Å²) in [7, 11) is -0.744. The Labute approximate surface area is 95.1 Å². The maximum Gasteiger partial charge on any atom is 0.502 e. The van der Waals surface area contributed by atoms with E-state index in [1.165, 1.54) is 6.20 Å². The van der Waals surface area contributed by atoms with E-state index >= 15 is 0 Å². The van der Waals surface area contributed by atoms with Crippen molar-refractivity contribution in [3.63, 3.8) is 0 Å². The smallest absolute Gasteiger partial charge is 0.395 e. The second-order valence-corrected chi connectivity index (χ2v) is 4.69. The van der Waals surface area contributed by atoms with Gasteiger partial charge in [0.2, 0.25) is 11.5 Å². The van der Waals surface area contributed by atoms with Crippen LogP contribution in [0.3, 0.4) is 0 Å². The van der Waals surface area contributed by atoms with Gasteiger partial charge in [-0.3, -0.25) is 0 Å². The normalized spacial score (nSPS) is 28.4. The van der Waals surface area contributed by atoms with Crippen molar-refractivity contribution in [3.05, 3.63) is 31.2 Å². The average molecular weight is 222 g/mol. The Morgan fingerprint density at radius 1 is 1.38 bits per heavy atom. The van der Waals surface area contributed by atoms with Crippen LogP contribution >= 0.6 is 0 Å². The van der Waals surface area contributed by atoms with Crippen LogP contribution in [0.5, 0.6) is 0 Å². The molecule has 0 bridgehead atoms. The molecule has 1 aliphatic rings. The minimum atomic E-state index is -0.744. The van der Waals surface area contributed by atoms with E-state index in [-0.39, 0.29) is 0 Å². The van der Waals surface area contributed by atoms with E-state index in [1.807, 2.05) is 20.8 Å². The molecule has 2 heterocycles. The number of hydrogen-bond donors (Lipinski definition) is 0. The van der Waals surface area contributed by atoms with Gasteiger partial charge < -0.3 is 9.31 Å². The van der Waals surface area contributed by atoms with Crippen LogP contribution in [0.25, 0.3) is 0 Å². The van der Waals surface area contributed by atoms with Gasteiger partial charge in [0.05, 0.1) is 6.92 Å². The zero-order valence-corrected chi connectivity index (χ0v) is 9.66. The fourth-order valence-corrected chi connectivity index (χ4v) is 1.50. The van der Waals surface area contributed by atoms with Crippen molar-refractivity contribution >= 4 is 12.6 Å². The molecule has 3 nitrogen and oxygen atoms in total. The van der Waals surface area contributed by atoms with Gasteiger partial charge in [-0.1, -0.05) is 6.07 Å². The molecule has 1 atom stereocenters. The Balaban J connectivity index is 2.31. The zero-order valence-electron chi connectivity index (χ0n) is 9.66. The minimum Gasteiger partial charge on any atom is -0.395 e. The summed E-state index contributed by atoms with van der Waals surface area (Å²) < 4.78 is 24.7. The van der Waals surface area contributed by atoms with Crippen LogP contribution in [0.2, 0.25) is 0 Å². The lowest BCUT2D eigenvalue weighted by molar-refractivity contribution is 0.0262. The van der Waals surface area contributed by atoms with Gasteiger partial charge in [0, 0.05) is 18.6 Å². The lowest BCUT2D eigenvalue weighted by atomic mass is 9.80. The Morgan fingerprint density at radius 2 is 2.06 bits per heavy atom. The van der Waals surface area contributed by atoms with Crippen LogP contribution in [0.4, 0.5) is 4.39 Å². The predicted octanol–water partition coefficient (Wildman–Crippen LogP) is 1.33. The lowest BCUT2D eigenvalue weighted by Crippen LogP contribution is -2.42. The van der Waals surface area contributed by atoms with Crippen LogP contribution in [-0.4, -0.2) is 23.3 Å². The van der Waals surface area contributed by atoms with E-state index in [0.29, 0.717) is 5.46 Å². The minimum absolute atomic E-state index is 0.308. The van der Waals surface area contributed by atoms with Crippen LogP contribution in [0, 0.1) is 12.9 Å². The average Bonchev–Trinajstić information content (AvgIpc) is 2.36. The van der Waals surface area contributed by atoms with Crippen molar-refractivity contribution in [2.24, 2.45) is 0 Å². The van der Waals surface area contributed by atoms with Gasteiger partial charge in [-0.05, 0) is 19.9 Å². The summed E-state index contributed by atoms with van der Waals surface area (Å²) in [5.41, 5.74) is -0.970. The summed E-state index contributed by atoms with van der Waals surface area (Å²) in [6.45, 7) is 9.50. The molecule has 0 aliphatic carbocycles. The third-order valence-electron chi connectivity index (χ3n) is 3.08. The van der Waals surface area contributed by atoms with E-state index in [2.05, 4.69) is 11.9 Å². The highest BCUT2D eigenvalue weighted by atomic mass is 19.1. The number of rotatable bonds is 1.